The molecular weight excluding hydrogens is 448 g/mol. The number of nitrogens with zero attached hydrogens (tertiary/aromatic N) is 2. The predicted molar refractivity (Wildman–Crippen MR) is 95.9 cm³/mol. The Labute approximate surface area is 146 Å². The fourth-order valence-electron chi connectivity index (χ4n) is 1.95. The summed E-state index contributed by atoms with van der Waals surface area (Å²) in [6, 6.07) is 4.94. The number of halogens is 3. The van der Waals surface area contributed by atoms with E-state index in [1.165, 1.54) is 6.07 Å². The average molecular weight is 464 g/mol. The van der Waals surface area contributed by atoms with Crippen LogP contribution in [0, 0.1) is 15.3 Å². The van der Waals surface area contributed by atoms with E-state index in [0.717, 1.165) is 21.5 Å². The Bertz CT molecular complexity index is 662. The largest absolute Gasteiger partial charge is 0.372 e. The van der Waals surface area contributed by atoms with E-state index < -0.39 is 0 Å². The van der Waals surface area contributed by atoms with Crippen molar-refractivity contribution in [2.75, 3.05) is 12.4 Å². The Balaban J connectivity index is 2.54. The Morgan fingerprint density at radius 1 is 1.33 bits per heavy atom. The third-order valence-electron chi connectivity index (χ3n) is 2.94. The van der Waals surface area contributed by atoms with E-state index in [2.05, 4.69) is 67.7 Å². The van der Waals surface area contributed by atoms with Crippen LogP contribution in [0.2, 0.25) is 0 Å². The smallest absolute Gasteiger partial charge is 0.161 e. The van der Waals surface area contributed by atoms with E-state index >= 15 is 0 Å². The molecule has 0 fully saturated rings. The summed E-state index contributed by atoms with van der Waals surface area (Å²) in [6.07, 6.45) is 0.863. The van der Waals surface area contributed by atoms with Gasteiger partial charge in [0.15, 0.2) is 5.82 Å². The van der Waals surface area contributed by atoms with Crippen LogP contribution in [0.1, 0.15) is 19.5 Å². The lowest BCUT2D eigenvalue weighted by Gasteiger charge is -2.13. The Morgan fingerprint density at radius 2 is 2.05 bits per heavy atom. The Kier molecular flexibility index (Phi) is 5.54. The van der Waals surface area contributed by atoms with Gasteiger partial charge < -0.3 is 5.32 Å². The van der Waals surface area contributed by atoms with Crippen LogP contribution in [0.3, 0.4) is 0 Å². The number of rotatable bonds is 4. The van der Waals surface area contributed by atoms with Gasteiger partial charge in [0.2, 0.25) is 0 Å². The molecule has 6 heteroatoms. The fraction of sp³-hybridized carbons (Fsp3) is 0.333. The molecule has 0 unspecified atom stereocenters. The van der Waals surface area contributed by atoms with Crippen LogP contribution < -0.4 is 5.32 Å². The first-order chi connectivity index (χ1) is 9.92. The lowest BCUT2D eigenvalue weighted by molar-refractivity contribution is 0.621. The third-order valence-corrected chi connectivity index (χ3v) is 4.71. The van der Waals surface area contributed by atoms with E-state index in [4.69, 9.17) is 0 Å². The number of hydrogen-bond acceptors (Lipinski definition) is 3. The molecule has 21 heavy (non-hydrogen) atoms. The predicted octanol–water partition coefficient (Wildman–Crippen LogP) is 4.89. The van der Waals surface area contributed by atoms with Crippen LogP contribution in [0.5, 0.6) is 0 Å². The molecular formula is C15H16BrFIN3. The maximum atomic E-state index is 13.7. The molecule has 2 aromatic rings. The SMILES string of the molecule is CNc1nc(-c2ccc(Br)c(F)c2)nc(CC(C)C)c1I. The van der Waals surface area contributed by atoms with Gasteiger partial charge in [-0.25, -0.2) is 14.4 Å². The van der Waals surface area contributed by atoms with Gasteiger partial charge in [-0.05, 0) is 69.1 Å². The Morgan fingerprint density at radius 3 is 2.62 bits per heavy atom. The normalized spacial score (nSPS) is 11.0. The zero-order valence-corrected chi connectivity index (χ0v) is 15.8. The highest BCUT2D eigenvalue weighted by molar-refractivity contribution is 14.1. The number of aromatic nitrogens is 2. The highest BCUT2D eigenvalue weighted by Gasteiger charge is 2.14. The molecule has 0 amide bonds. The molecule has 0 aliphatic heterocycles. The van der Waals surface area contributed by atoms with E-state index in [-0.39, 0.29) is 5.82 Å². The van der Waals surface area contributed by atoms with Gasteiger partial charge in [0.25, 0.3) is 0 Å². The molecule has 3 nitrogen and oxygen atoms in total. The highest BCUT2D eigenvalue weighted by Crippen LogP contribution is 2.27. The molecule has 0 spiro atoms. The summed E-state index contributed by atoms with van der Waals surface area (Å²) in [5.74, 6) is 1.50. The lowest BCUT2D eigenvalue weighted by atomic mass is 10.1. The second-order valence-electron chi connectivity index (χ2n) is 5.13. The molecule has 0 radical (unpaired) electrons. The van der Waals surface area contributed by atoms with Crippen molar-refractivity contribution >= 4 is 44.3 Å². The lowest BCUT2D eigenvalue weighted by Crippen LogP contribution is -2.08. The van der Waals surface area contributed by atoms with Crippen LogP contribution in [0.4, 0.5) is 10.2 Å². The van der Waals surface area contributed by atoms with Crippen molar-refractivity contribution in [1.82, 2.24) is 9.97 Å². The summed E-state index contributed by atoms with van der Waals surface area (Å²) in [5.41, 5.74) is 1.66. The van der Waals surface area contributed by atoms with Crippen molar-refractivity contribution in [3.8, 4) is 11.4 Å². The van der Waals surface area contributed by atoms with Crippen LogP contribution in [0.15, 0.2) is 22.7 Å². The van der Waals surface area contributed by atoms with Crippen LogP contribution in [0.25, 0.3) is 11.4 Å². The molecule has 0 aliphatic rings. The van der Waals surface area contributed by atoms with Crippen molar-refractivity contribution < 1.29 is 4.39 Å². The topological polar surface area (TPSA) is 37.8 Å². The van der Waals surface area contributed by atoms with E-state index in [0.29, 0.717) is 21.8 Å². The minimum Gasteiger partial charge on any atom is -0.372 e. The van der Waals surface area contributed by atoms with Gasteiger partial charge in [-0.1, -0.05) is 13.8 Å². The number of nitrogens with one attached hydrogen (secondary N) is 1. The van der Waals surface area contributed by atoms with Crippen LogP contribution >= 0.6 is 38.5 Å². The van der Waals surface area contributed by atoms with Gasteiger partial charge >= 0.3 is 0 Å². The number of anilines is 1. The minimum absolute atomic E-state index is 0.314. The molecule has 0 bridgehead atoms. The van der Waals surface area contributed by atoms with Gasteiger partial charge in [-0.2, -0.15) is 0 Å². The van der Waals surface area contributed by atoms with Gasteiger partial charge in [0.05, 0.1) is 13.7 Å². The molecule has 112 valence electrons. The maximum Gasteiger partial charge on any atom is 0.161 e. The average Bonchev–Trinajstić information content (AvgIpc) is 2.43. The van der Waals surface area contributed by atoms with Gasteiger partial charge in [-0.3, -0.25) is 0 Å². The third kappa shape index (κ3) is 3.91. The molecule has 0 atom stereocenters. The molecule has 0 saturated heterocycles. The molecule has 0 saturated carbocycles. The standard InChI is InChI=1S/C15H16BrFIN3/c1-8(2)6-12-13(18)15(19-3)21-14(20-12)9-4-5-10(16)11(17)7-9/h4-5,7-8H,6H2,1-3H3,(H,19,20,21). The first kappa shape index (κ1) is 16.6. The van der Waals surface area contributed by atoms with Crippen molar-refractivity contribution in [1.29, 1.82) is 0 Å². The number of hydrogen-bond donors (Lipinski definition) is 1. The number of benzene rings is 1. The Hall–Kier alpha value is -0.760. The summed E-state index contributed by atoms with van der Waals surface area (Å²) < 4.78 is 15.2. The zero-order chi connectivity index (χ0) is 15.6. The minimum atomic E-state index is -0.314. The highest BCUT2D eigenvalue weighted by atomic mass is 127. The van der Waals surface area contributed by atoms with Gasteiger partial charge in [0.1, 0.15) is 11.6 Å². The van der Waals surface area contributed by atoms with Gasteiger partial charge in [0, 0.05) is 12.6 Å². The van der Waals surface area contributed by atoms with Crippen LogP contribution in [-0.2, 0) is 6.42 Å². The van der Waals surface area contributed by atoms with Crippen molar-refractivity contribution in [2.45, 2.75) is 20.3 Å². The molecule has 2 rings (SSSR count). The monoisotopic (exact) mass is 463 g/mol. The molecule has 1 aromatic heterocycles. The van der Waals surface area contributed by atoms with Crippen molar-refractivity contribution in [3.63, 3.8) is 0 Å². The second kappa shape index (κ2) is 7.00. The fourth-order valence-corrected chi connectivity index (χ4v) is 2.92. The summed E-state index contributed by atoms with van der Waals surface area (Å²) >= 11 is 5.41. The van der Waals surface area contributed by atoms with E-state index in [9.17, 15) is 4.39 Å². The van der Waals surface area contributed by atoms with Crippen molar-refractivity contribution in [3.05, 3.63) is 37.8 Å². The quantitative estimate of drug-likeness (QED) is 0.656. The van der Waals surface area contributed by atoms with Gasteiger partial charge in [-0.15, -0.1) is 0 Å². The maximum absolute atomic E-state index is 13.7. The molecule has 1 aromatic carbocycles. The molecule has 1 N–H and O–H groups in total. The molecule has 1 heterocycles. The summed E-state index contributed by atoms with van der Waals surface area (Å²) in [4.78, 5) is 9.11. The zero-order valence-electron chi connectivity index (χ0n) is 12.0. The summed E-state index contributed by atoms with van der Waals surface area (Å²) in [7, 11) is 1.83. The first-order valence-corrected chi connectivity index (χ1v) is 8.49. The second-order valence-corrected chi connectivity index (χ2v) is 7.07. The van der Waals surface area contributed by atoms with E-state index in [1.807, 2.05) is 13.1 Å². The summed E-state index contributed by atoms with van der Waals surface area (Å²) in [6.45, 7) is 4.30. The van der Waals surface area contributed by atoms with E-state index in [1.54, 1.807) is 6.07 Å². The molecule has 0 aliphatic carbocycles. The summed E-state index contributed by atoms with van der Waals surface area (Å²) in [5, 5.41) is 3.08. The first-order valence-electron chi connectivity index (χ1n) is 6.62. The van der Waals surface area contributed by atoms with Crippen LogP contribution in [-0.4, -0.2) is 17.0 Å². The van der Waals surface area contributed by atoms with Crippen molar-refractivity contribution in [2.24, 2.45) is 5.92 Å².